The molecule has 1 aliphatic rings. The van der Waals surface area contributed by atoms with Crippen LogP contribution in [0.1, 0.15) is 40.0 Å². The lowest BCUT2D eigenvalue weighted by Gasteiger charge is -2.41. The molecule has 0 aromatic heterocycles. The van der Waals surface area contributed by atoms with Crippen LogP contribution >= 0.6 is 0 Å². The fourth-order valence-electron chi connectivity index (χ4n) is 2.26. The Kier molecular flexibility index (Phi) is 4.09. The van der Waals surface area contributed by atoms with Gasteiger partial charge in [-0.1, -0.05) is 33.4 Å². The van der Waals surface area contributed by atoms with Crippen LogP contribution in [0.4, 0.5) is 0 Å². The lowest BCUT2D eigenvalue weighted by atomic mass is 9.65. The normalized spacial score (nSPS) is 29.6. The first-order chi connectivity index (χ1) is 7.38. The summed E-state index contributed by atoms with van der Waals surface area (Å²) in [5.74, 6) is 0.232. The molecule has 90 valence electrons. The van der Waals surface area contributed by atoms with E-state index in [-0.39, 0.29) is 17.1 Å². The van der Waals surface area contributed by atoms with E-state index >= 15 is 0 Å². The molecule has 1 aliphatic carbocycles. The first kappa shape index (κ1) is 13.2. The van der Waals surface area contributed by atoms with Crippen molar-refractivity contribution in [1.82, 2.24) is 0 Å². The van der Waals surface area contributed by atoms with E-state index in [1.807, 2.05) is 13.0 Å². The number of allylic oxidation sites excluding steroid dienone is 2. The lowest BCUT2D eigenvalue weighted by molar-refractivity contribution is -0.114. The zero-order valence-electron chi connectivity index (χ0n) is 10.5. The monoisotopic (exact) mass is 222 g/mol. The molecule has 0 aliphatic heterocycles. The molecule has 2 nitrogen and oxygen atoms in total. The van der Waals surface area contributed by atoms with Crippen LogP contribution in [-0.4, -0.2) is 17.0 Å². The Morgan fingerprint density at radius 3 is 2.81 bits per heavy atom. The zero-order chi connectivity index (χ0) is 12.3. The Bertz CT molecular complexity index is 313. The van der Waals surface area contributed by atoms with Gasteiger partial charge in [0.15, 0.2) is 5.78 Å². The Hall–Kier alpha value is -0.890. The molecule has 1 fully saturated rings. The van der Waals surface area contributed by atoms with Crippen molar-refractivity contribution in [3.05, 3.63) is 24.3 Å². The van der Waals surface area contributed by atoms with Gasteiger partial charge in [0.1, 0.15) is 0 Å². The van der Waals surface area contributed by atoms with Gasteiger partial charge in [0, 0.05) is 12.3 Å². The molecule has 0 bridgehead atoms. The van der Waals surface area contributed by atoms with Gasteiger partial charge in [-0.3, -0.25) is 4.79 Å². The molecule has 2 heteroatoms. The standard InChI is InChI=1S/C14H22O2/c1-5-11(15)6-7-12-10(2)13(16)8-9-14(12,3)4/h6-7,12-13,16H,2,5,8-9H2,1,3-4H3/b7-6+/t12-,13+/m1/s1. The van der Waals surface area contributed by atoms with Crippen LogP contribution in [0, 0.1) is 11.3 Å². The second-order valence-electron chi connectivity index (χ2n) is 5.27. The summed E-state index contributed by atoms with van der Waals surface area (Å²) in [6.07, 6.45) is 5.39. The lowest BCUT2D eigenvalue weighted by Crippen LogP contribution is -2.35. The number of ketones is 1. The van der Waals surface area contributed by atoms with E-state index < -0.39 is 6.10 Å². The SMILES string of the molecule is C=C1[C@@H](/C=C/C(=O)CC)C(C)(C)CC[C@@H]1O. The average Bonchev–Trinajstić information content (AvgIpc) is 2.23. The topological polar surface area (TPSA) is 37.3 Å². The Morgan fingerprint density at radius 2 is 2.25 bits per heavy atom. The number of carbonyl (C=O) groups is 1. The fraction of sp³-hybridized carbons (Fsp3) is 0.643. The molecule has 0 aromatic rings. The van der Waals surface area contributed by atoms with E-state index in [1.54, 1.807) is 6.08 Å². The highest BCUT2D eigenvalue weighted by atomic mass is 16.3. The van der Waals surface area contributed by atoms with Gasteiger partial charge < -0.3 is 5.11 Å². The van der Waals surface area contributed by atoms with Crippen molar-refractivity contribution in [2.45, 2.75) is 46.1 Å². The number of carbonyl (C=O) groups excluding carboxylic acids is 1. The van der Waals surface area contributed by atoms with Gasteiger partial charge in [0.25, 0.3) is 0 Å². The van der Waals surface area contributed by atoms with Gasteiger partial charge in [-0.05, 0) is 29.9 Å². The van der Waals surface area contributed by atoms with Crippen LogP contribution in [0.2, 0.25) is 0 Å². The number of aliphatic hydroxyl groups is 1. The minimum Gasteiger partial charge on any atom is -0.389 e. The average molecular weight is 222 g/mol. The Labute approximate surface area is 98.1 Å². The highest BCUT2D eigenvalue weighted by Gasteiger charge is 2.36. The van der Waals surface area contributed by atoms with Crippen molar-refractivity contribution in [2.75, 3.05) is 0 Å². The fourth-order valence-corrected chi connectivity index (χ4v) is 2.26. The van der Waals surface area contributed by atoms with Crippen molar-refractivity contribution in [3.8, 4) is 0 Å². The molecule has 0 saturated heterocycles. The van der Waals surface area contributed by atoms with Gasteiger partial charge in [-0.15, -0.1) is 0 Å². The van der Waals surface area contributed by atoms with Crippen molar-refractivity contribution in [1.29, 1.82) is 0 Å². The van der Waals surface area contributed by atoms with Gasteiger partial charge in [0.05, 0.1) is 6.10 Å². The van der Waals surface area contributed by atoms with Crippen molar-refractivity contribution in [3.63, 3.8) is 0 Å². The smallest absolute Gasteiger partial charge is 0.155 e. The Balaban J connectivity index is 2.84. The molecule has 0 heterocycles. The number of hydrogen-bond donors (Lipinski definition) is 1. The van der Waals surface area contributed by atoms with Crippen molar-refractivity contribution >= 4 is 5.78 Å². The van der Waals surface area contributed by atoms with Gasteiger partial charge >= 0.3 is 0 Å². The maximum absolute atomic E-state index is 11.3. The van der Waals surface area contributed by atoms with Crippen molar-refractivity contribution in [2.24, 2.45) is 11.3 Å². The molecule has 1 saturated carbocycles. The van der Waals surface area contributed by atoms with Crippen LogP contribution in [-0.2, 0) is 4.79 Å². The third-order valence-corrected chi connectivity index (χ3v) is 3.55. The molecule has 0 aromatic carbocycles. The highest BCUT2D eigenvalue weighted by Crippen LogP contribution is 2.43. The maximum atomic E-state index is 11.3. The minimum atomic E-state index is -0.417. The van der Waals surface area contributed by atoms with Gasteiger partial charge in [0.2, 0.25) is 0 Å². The summed E-state index contributed by atoms with van der Waals surface area (Å²) in [6, 6.07) is 0. The quantitative estimate of drug-likeness (QED) is 0.589. The molecule has 0 unspecified atom stereocenters. The molecular formula is C14H22O2. The largest absolute Gasteiger partial charge is 0.389 e. The molecule has 2 atom stereocenters. The second kappa shape index (κ2) is 4.96. The highest BCUT2D eigenvalue weighted by molar-refractivity contribution is 5.89. The maximum Gasteiger partial charge on any atom is 0.155 e. The Morgan fingerprint density at radius 1 is 1.62 bits per heavy atom. The predicted octanol–water partition coefficient (Wildman–Crippen LogP) is 2.88. The van der Waals surface area contributed by atoms with E-state index in [0.717, 1.165) is 18.4 Å². The van der Waals surface area contributed by atoms with E-state index in [2.05, 4.69) is 20.4 Å². The van der Waals surface area contributed by atoms with E-state index in [1.165, 1.54) is 0 Å². The molecular weight excluding hydrogens is 200 g/mol. The van der Waals surface area contributed by atoms with Gasteiger partial charge in [-0.2, -0.15) is 0 Å². The van der Waals surface area contributed by atoms with E-state index in [4.69, 9.17) is 0 Å². The minimum absolute atomic E-state index is 0.0842. The van der Waals surface area contributed by atoms with Crippen molar-refractivity contribution < 1.29 is 9.90 Å². The van der Waals surface area contributed by atoms with Crippen LogP contribution in [0.3, 0.4) is 0 Å². The number of rotatable bonds is 3. The summed E-state index contributed by atoms with van der Waals surface area (Å²) in [5, 5.41) is 9.78. The second-order valence-corrected chi connectivity index (χ2v) is 5.27. The van der Waals surface area contributed by atoms with Crippen LogP contribution in [0.15, 0.2) is 24.3 Å². The molecule has 0 amide bonds. The predicted molar refractivity (Wildman–Crippen MR) is 66.1 cm³/mol. The molecule has 0 radical (unpaired) electrons. The number of aliphatic hydroxyl groups excluding tert-OH is 1. The summed E-state index contributed by atoms with van der Waals surface area (Å²) in [7, 11) is 0. The third-order valence-electron chi connectivity index (χ3n) is 3.55. The molecule has 0 spiro atoms. The summed E-state index contributed by atoms with van der Waals surface area (Å²) in [6.45, 7) is 10.1. The summed E-state index contributed by atoms with van der Waals surface area (Å²) >= 11 is 0. The van der Waals surface area contributed by atoms with E-state index in [9.17, 15) is 9.90 Å². The van der Waals surface area contributed by atoms with E-state index in [0.29, 0.717) is 6.42 Å². The summed E-state index contributed by atoms with van der Waals surface area (Å²) in [4.78, 5) is 11.3. The van der Waals surface area contributed by atoms with Gasteiger partial charge in [-0.25, -0.2) is 0 Å². The van der Waals surface area contributed by atoms with Crippen LogP contribution in [0.5, 0.6) is 0 Å². The third kappa shape index (κ3) is 2.82. The molecule has 16 heavy (non-hydrogen) atoms. The molecule has 1 rings (SSSR count). The summed E-state index contributed by atoms with van der Waals surface area (Å²) < 4.78 is 0. The van der Waals surface area contributed by atoms with Crippen LogP contribution in [0.25, 0.3) is 0 Å². The summed E-state index contributed by atoms with van der Waals surface area (Å²) in [5.41, 5.74) is 0.928. The number of hydrogen-bond acceptors (Lipinski definition) is 2. The molecule has 1 N–H and O–H groups in total. The first-order valence-corrected chi connectivity index (χ1v) is 5.96. The van der Waals surface area contributed by atoms with Crippen LogP contribution < -0.4 is 0 Å². The zero-order valence-corrected chi connectivity index (χ0v) is 10.5. The first-order valence-electron chi connectivity index (χ1n) is 5.96.